The molecule has 1 aromatic carbocycles. The van der Waals surface area contributed by atoms with Crippen LogP contribution in [0.4, 0.5) is 18.9 Å². The number of benzene rings is 1. The van der Waals surface area contributed by atoms with E-state index < -0.39 is 21.6 Å². The highest BCUT2D eigenvalue weighted by molar-refractivity contribution is 7.90. The van der Waals surface area contributed by atoms with Gasteiger partial charge >= 0.3 is 6.18 Å². The number of hydrogen-bond donors (Lipinski definition) is 2. The van der Waals surface area contributed by atoms with Gasteiger partial charge in [-0.25, -0.2) is 8.42 Å². The Labute approximate surface area is 139 Å². The van der Waals surface area contributed by atoms with E-state index in [1.54, 1.807) is 4.90 Å². The van der Waals surface area contributed by atoms with E-state index in [4.69, 9.17) is 5.11 Å². The number of alkyl halides is 3. The van der Waals surface area contributed by atoms with Gasteiger partial charge in [0.05, 0.1) is 17.1 Å². The molecule has 0 saturated carbocycles. The quantitative estimate of drug-likeness (QED) is 0.830. The minimum atomic E-state index is -4.62. The van der Waals surface area contributed by atoms with Gasteiger partial charge in [-0.1, -0.05) is 0 Å². The van der Waals surface area contributed by atoms with Crippen molar-refractivity contribution < 1.29 is 26.7 Å². The summed E-state index contributed by atoms with van der Waals surface area (Å²) in [5, 5.41) is 11.9. The summed E-state index contributed by atoms with van der Waals surface area (Å²) in [6, 6.07) is 3.33. The van der Waals surface area contributed by atoms with E-state index in [0.29, 0.717) is 38.5 Å². The number of hydrogen-bond acceptors (Lipinski definition) is 5. The van der Waals surface area contributed by atoms with E-state index >= 15 is 0 Å². The highest BCUT2D eigenvalue weighted by Crippen LogP contribution is 2.38. The fourth-order valence-electron chi connectivity index (χ4n) is 2.84. The standard InChI is InChI=1S/C15H21F3N2O3S/c1-24(22,23)12-2-3-14(13(10-12)15(16,17)18)20-7-4-11(5-8-20)19-6-9-21/h2-3,10-11,19,21H,4-9H2,1H3. The lowest BCUT2D eigenvalue weighted by atomic mass is 10.0. The van der Waals surface area contributed by atoms with Gasteiger partial charge in [0.15, 0.2) is 9.84 Å². The predicted molar refractivity (Wildman–Crippen MR) is 84.9 cm³/mol. The van der Waals surface area contributed by atoms with Crippen molar-refractivity contribution >= 4 is 15.5 Å². The lowest BCUT2D eigenvalue weighted by Crippen LogP contribution is -2.43. The van der Waals surface area contributed by atoms with Crippen LogP contribution in [-0.4, -0.2) is 52.1 Å². The van der Waals surface area contributed by atoms with Gasteiger partial charge in [0.25, 0.3) is 0 Å². The zero-order chi connectivity index (χ0) is 18.0. The third-order valence-corrected chi connectivity index (χ3v) is 5.19. The molecule has 0 atom stereocenters. The normalized spacial score (nSPS) is 17.3. The molecule has 2 rings (SSSR count). The molecule has 1 aromatic rings. The topological polar surface area (TPSA) is 69.6 Å². The van der Waals surface area contributed by atoms with Crippen LogP contribution >= 0.6 is 0 Å². The molecule has 136 valence electrons. The van der Waals surface area contributed by atoms with Crippen LogP contribution in [-0.2, 0) is 16.0 Å². The van der Waals surface area contributed by atoms with Crippen molar-refractivity contribution in [1.29, 1.82) is 0 Å². The molecule has 0 bridgehead atoms. The number of sulfone groups is 1. The van der Waals surface area contributed by atoms with E-state index in [1.807, 2.05) is 0 Å². The average molecular weight is 366 g/mol. The second-order valence-electron chi connectivity index (χ2n) is 5.89. The molecule has 2 N–H and O–H groups in total. The fourth-order valence-corrected chi connectivity index (χ4v) is 3.49. The summed E-state index contributed by atoms with van der Waals surface area (Å²) < 4.78 is 63.1. The number of nitrogens with one attached hydrogen (secondary N) is 1. The number of aliphatic hydroxyl groups is 1. The molecule has 1 fully saturated rings. The Kier molecular flexibility index (Phi) is 5.77. The number of rotatable bonds is 5. The lowest BCUT2D eigenvalue weighted by molar-refractivity contribution is -0.137. The Balaban J connectivity index is 2.24. The lowest BCUT2D eigenvalue weighted by Gasteiger charge is -2.35. The molecule has 0 amide bonds. The third kappa shape index (κ3) is 4.61. The van der Waals surface area contributed by atoms with Crippen LogP contribution in [0, 0.1) is 0 Å². The van der Waals surface area contributed by atoms with Crippen LogP contribution in [0.15, 0.2) is 23.1 Å². The van der Waals surface area contributed by atoms with Gasteiger partial charge in [-0.2, -0.15) is 13.2 Å². The van der Waals surface area contributed by atoms with Crippen molar-refractivity contribution in [1.82, 2.24) is 5.32 Å². The largest absolute Gasteiger partial charge is 0.418 e. The van der Waals surface area contributed by atoms with Crippen LogP contribution in [0.25, 0.3) is 0 Å². The second kappa shape index (κ2) is 7.28. The number of halogens is 3. The van der Waals surface area contributed by atoms with Gasteiger partial charge in [-0.15, -0.1) is 0 Å². The maximum Gasteiger partial charge on any atom is 0.418 e. The monoisotopic (exact) mass is 366 g/mol. The van der Waals surface area contributed by atoms with Crippen molar-refractivity contribution in [2.45, 2.75) is 30.0 Å². The zero-order valence-corrected chi connectivity index (χ0v) is 14.1. The van der Waals surface area contributed by atoms with Crippen molar-refractivity contribution in [2.24, 2.45) is 0 Å². The molecule has 1 aliphatic heterocycles. The summed E-state index contributed by atoms with van der Waals surface area (Å²) in [4.78, 5) is 1.30. The molecule has 0 aliphatic carbocycles. The molecule has 5 nitrogen and oxygen atoms in total. The number of anilines is 1. The highest BCUT2D eigenvalue weighted by Gasteiger charge is 2.36. The number of aliphatic hydroxyl groups excluding tert-OH is 1. The summed E-state index contributed by atoms with van der Waals surface area (Å²) in [5.41, 5.74) is -0.914. The Bertz CT molecular complexity index is 669. The van der Waals surface area contributed by atoms with Crippen molar-refractivity contribution in [3.05, 3.63) is 23.8 Å². The summed E-state index contributed by atoms with van der Waals surface area (Å²) in [7, 11) is -3.70. The minimum Gasteiger partial charge on any atom is -0.395 e. The third-order valence-electron chi connectivity index (χ3n) is 4.08. The summed E-state index contributed by atoms with van der Waals surface area (Å²) in [6.45, 7) is 1.35. The van der Waals surface area contributed by atoms with E-state index in [9.17, 15) is 21.6 Å². The Morgan fingerprint density at radius 1 is 1.29 bits per heavy atom. The van der Waals surface area contributed by atoms with Gasteiger partial charge in [0.2, 0.25) is 0 Å². The molecule has 0 unspecified atom stereocenters. The molecular weight excluding hydrogens is 345 g/mol. The first-order chi connectivity index (χ1) is 11.1. The smallest absolute Gasteiger partial charge is 0.395 e. The van der Waals surface area contributed by atoms with Gasteiger partial charge in [0.1, 0.15) is 0 Å². The van der Waals surface area contributed by atoms with Crippen molar-refractivity contribution in [3.8, 4) is 0 Å². The average Bonchev–Trinajstić information content (AvgIpc) is 2.51. The van der Waals surface area contributed by atoms with Gasteiger partial charge in [-0.05, 0) is 31.0 Å². The maximum atomic E-state index is 13.4. The van der Waals surface area contributed by atoms with E-state index in [1.165, 1.54) is 12.1 Å². The SMILES string of the molecule is CS(=O)(=O)c1ccc(N2CCC(NCCO)CC2)c(C(F)(F)F)c1. The Hall–Kier alpha value is -1.32. The molecule has 0 radical (unpaired) electrons. The van der Waals surface area contributed by atoms with E-state index in [0.717, 1.165) is 6.26 Å². The highest BCUT2D eigenvalue weighted by atomic mass is 32.2. The molecule has 9 heteroatoms. The van der Waals surface area contributed by atoms with Crippen molar-refractivity contribution in [2.75, 3.05) is 37.4 Å². The van der Waals surface area contributed by atoms with Crippen LogP contribution in [0.2, 0.25) is 0 Å². The zero-order valence-electron chi connectivity index (χ0n) is 13.3. The first-order valence-corrected chi connectivity index (χ1v) is 9.52. The van der Waals surface area contributed by atoms with Crippen LogP contribution in [0.5, 0.6) is 0 Å². The Morgan fingerprint density at radius 2 is 1.92 bits per heavy atom. The van der Waals surface area contributed by atoms with Crippen molar-refractivity contribution in [3.63, 3.8) is 0 Å². The van der Waals surface area contributed by atoms with E-state index in [-0.39, 0.29) is 23.2 Å². The van der Waals surface area contributed by atoms with Crippen LogP contribution < -0.4 is 10.2 Å². The van der Waals surface area contributed by atoms with Crippen LogP contribution in [0.1, 0.15) is 18.4 Å². The molecule has 0 spiro atoms. The van der Waals surface area contributed by atoms with E-state index in [2.05, 4.69) is 5.32 Å². The summed E-state index contributed by atoms with van der Waals surface area (Å²) in [5.74, 6) is 0. The van der Waals surface area contributed by atoms with Gasteiger partial charge in [0, 0.05) is 37.6 Å². The fraction of sp³-hybridized carbons (Fsp3) is 0.600. The maximum absolute atomic E-state index is 13.4. The summed E-state index contributed by atoms with van der Waals surface area (Å²) >= 11 is 0. The molecular formula is C15H21F3N2O3S. The second-order valence-corrected chi connectivity index (χ2v) is 7.90. The molecule has 1 heterocycles. The Morgan fingerprint density at radius 3 is 2.42 bits per heavy atom. The molecule has 0 aromatic heterocycles. The van der Waals surface area contributed by atoms with Gasteiger partial charge < -0.3 is 15.3 Å². The first kappa shape index (κ1) is 19.0. The summed E-state index contributed by atoms with van der Waals surface area (Å²) in [6.07, 6.45) is -2.42. The van der Waals surface area contributed by atoms with Crippen LogP contribution in [0.3, 0.4) is 0 Å². The molecule has 24 heavy (non-hydrogen) atoms. The minimum absolute atomic E-state index is 0.00973. The first-order valence-electron chi connectivity index (χ1n) is 7.63. The number of nitrogens with zero attached hydrogens (tertiary/aromatic N) is 1. The van der Waals surface area contributed by atoms with Gasteiger partial charge in [-0.3, -0.25) is 0 Å². The predicted octanol–water partition coefficient (Wildman–Crippen LogP) is 1.66. The molecule has 1 saturated heterocycles. The number of piperidine rings is 1. The molecule has 1 aliphatic rings.